The maximum absolute atomic E-state index is 10.7. The Morgan fingerprint density at radius 1 is 1.46 bits per heavy atom. The van der Waals surface area contributed by atoms with Gasteiger partial charge in [0.25, 0.3) is 0 Å². The Bertz CT molecular complexity index is 347. The number of carbonyl (C=O) groups excluding carboxylic acids is 1. The first kappa shape index (κ1) is 8.26. The molecule has 0 aliphatic carbocycles. The number of hydrogen-bond donors (Lipinski definition) is 2. The Morgan fingerprint density at radius 2 is 2.31 bits per heavy atom. The lowest BCUT2D eigenvalue weighted by Crippen LogP contribution is -2.24. The van der Waals surface area contributed by atoms with Gasteiger partial charge in [-0.2, -0.15) is 0 Å². The highest BCUT2D eigenvalue weighted by molar-refractivity contribution is 5.82. The lowest BCUT2D eigenvalue weighted by Gasteiger charge is -2.18. The van der Waals surface area contributed by atoms with Gasteiger partial charge in [0.05, 0.1) is 5.56 Å². The molecule has 13 heavy (non-hydrogen) atoms. The maximum atomic E-state index is 10.7. The molecule has 0 spiro atoms. The summed E-state index contributed by atoms with van der Waals surface area (Å²) in [5, 5.41) is 12.6. The highest BCUT2D eigenvalue weighted by atomic mass is 16.3. The average Bonchev–Trinajstić information content (AvgIpc) is 2.18. The summed E-state index contributed by atoms with van der Waals surface area (Å²) < 4.78 is 0. The van der Waals surface area contributed by atoms with Gasteiger partial charge in [0, 0.05) is 6.54 Å². The SMILES string of the molecule is O=Cc1c(O)ccc2c1CCNC2. The van der Waals surface area contributed by atoms with Crippen LogP contribution in [0.15, 0.2) is 12.1 Å². The van der Waals surface area contributed by atoms with Gasteiger partial charge in [-0.25, -0.2) is 0 Å². The molecular formula is C10H11NO2. The third kappa shape index (κ3) is 1.31. The normalized spacial score (nSPS) is 15.1. The summed E-state index contributed by atoms with van der Waals surface area (Å²) in [6.07, 6.45) is 1.55. The van der Waals surface area contributed by atoms with Crippen molar-refractivity contribution in [3.05, 3.63) is 28.8 Å². The summed E-state index contributed by atoms with van der Waals surface area (Å²) in [4.78, 5) is 10.7. The van der Waals surface area contributed by atoms with E-state index in [0.717, 1.165) is 36.9 Å². The summed E-state index contributed by atoms with van der Waals surface area (Å²) >= 11 is 0. The zero-order valence-corrected chi connectivity index (χ0v) is 7.21. The van der Waals surface area contributed by atoms with Crippen LogP contribution in [0, 0.1) is 0 Å². The largest absolute Gasteiger partial charge is 0.507 e. The van der Waals surface area contributed by atoms with E-state index in [4.69, 9.17) is 0 Å². The standard InChI is InChI=1S/C10H11NO2/c12-6-9-8-3-4-11-5-7(8)1-2-10(9)13/h1-2,6,11,13H,3-5H2. The van der Waals surface area contributed by atoms with Crippen LogP contribution < -0.4 is 5.32 Å². The predicted octanol–water partition coefficient (Wildman–Crippen LogP) is 0.850. The average molecular weight is 177 g/mol. The Labute approximate surface area is 76.4 Å². The van der Waals surface area contributed by atoms with E-state index in [1.165, 1.54) is 0 Å². The first-order chi connectivity index (χ1) is 6.33. The molecule has 0 saturated carbocycles. The topological polar surface area (TPSA) is 49.3 Å². The van der Waals surface area contributed by atoms with Crippen molar-refractivity contribution in [2.24, 2.45) is 0 Å². The molecule has 0 fully saturated rings. The van der Waals surface area contributed by atoms with E-state index in [1.54, 1.807) is 6.07 Å². The molecule has 2 N–H and O–H groups in total. The summed E-state index contributed by atoms with van der Waals surface area (Å²) in [5.41, 5.74) is 2.57. The minimum absolute atomic E-state index is 0.0932. The first-order valence-corrected chi connectivity index (χ1v) is 4.32. The summed E-state index contributed by atoms with van der Waals surface area (Å²) in [6.45, 7) is 1.66. The van der Waals surface area contributed by atoms with Gasteiger partial charge in [0.2, 0.25) is 0 Å². The number of nitrogens with one attached hydrogen (secondary N) is 1. The molecule has 1 aromatic rings. The van der Waals surface area contributed by atoms with Crippen molar-refractivity contribution in [1.82, 2.24) is 5.32 Å². The zero-order chi connectivity index (χ0) is 9.26. The summed E-state index contributed by atoms with van der Waals surface area (Å²) in [5.74, 6) is 0.0932. The summed E-state index contributed by atoms with van der Waals surface area (Å²) in [7, 11) is 0. The van der Waals surface area contributed by atoms with E-state index in [1.807, 2.05) is 6.07 Å². The van der Waals surface area contributed by atoms with Crippen molar-refractivity contribution in [1.29, 1.82) is 0 Å². The predicted molar refractivity (Wildman–Crippen MR) is 48.9 cm³/mol. The molecule has 1 aliphatic heterocycles. The number of carbonyl (C=O) groups is 1. The number of benzene rings is 1. The Hall–Kier alpha value is -1.35. The minimum Gasteiger partial charge on any atom is -0.507 e. The van der Waals surface area contributed by atoms with Crippen LogP contribution in [0.5, 0.6) is 5.75 Å². The fraction of sp³-hybridized carbons (Fsp3) is 0.300. The van der Waals surface area contributed by atoms with E-state index in [9.17, 15) is 9.90 Å². The number of phenols is 1. The van der Waals surface area contributed by atoms with Gasteiger partial charge in [-0.15, -0.1) is 0 Å². The molecule has 1 heterocycles. The van der Waals surface area contributed by atoms with Crippen LogP contribution in [-0.2, 0) is 13.0 Å². The second-order valence-electron chi connectivity index (χ2n) is 3.18. The lowest BCUT2D eigenvalue weighted by atomic mass is 9.95. The molecule has 0 atom stereocenters. The second-order valence-corrected chi connectivity index (χ2v) is 3.18. The molecule has 1 aromatic carbocycles. The van der Waals surface area contributed by atoms with Crippen molar-refractivity contribution < 1.29 is 9.90 Å². The molecule has 0 radical (unpaired) electrons. The molecule has 0 bridgehead atoms. The number of aromatic hydroxyl groups is 1. The highest BCUT2D eigenvalue weighted by Gasteiger charge is 2.14. The highest BCUT2D eigenvalue weighted by Crippen LogP contribution is 2.24. The molecule has 2 rings (SSSR count). The zero-order valence-electron chi connectivity index (χ0n) is 7.21. The lowest BCUT2D eigenvalue weighted by molar-refractivity contribution is 0.112. The Kier molecular flexibility index (Phi) is 2.02. The van der Waals surface area contributed by atoms with E-state index in [-0.39, 0.29) is 5.75 Å². The maximum Gasteiger partial charge on any atom is 0.154 e. The van der Waals surface area contributed by atoms with Crippen LogP contribution in [-0.4, -0.2) is 17.9 Å². The number of aldehydes is 1. The van der Waals surface area contributed by atoms with E-state index < -0.39 is 0 Å². The van der Waals surface area contributed by atoms with Gasteiger partial charge in [-0.1, -0.05) is 6.07 Å². The Balaban J connectivity index is 2.58. The smallest absolute Gasteiger partial charge is 0.154 e. The number of phenolic OH excluding ortho intramolecular Hbond substituents is 1. The number of rotatable bonds is 1. The molecular weight excluding hydrogens is 166 g/mol. The van der Waals surface area contributed by atoms with Crippen LogP contribution >= 0.6 is 0 Å². The van der Waals surface area contributed by atoms with Gasteiger partial charge in [-0.05, 0) is 30.2 Å². The van der Waals surface area contributed by atoms with Gasteiger partial charge in [0.1, 0.15) is 5.75 Å². The van der Waals surface area contributed by atoms with Crippen molar-refractivity contribution in [3.8, 4) is 5.75 Å². The van der Waals surface area contributed by atoms with Crippen LogP contribution in [0.2, 0.25) is 0 Å². The molecule has 0 unspecified atom stereocenters. The molecule has 0 amide bonds. The van der Waals surface area contributed by atoms with Gasteiger partial charge in [-0.3, -0.25) is 4.79 Å². The monoisotopic (exact) mass is 177 g/mol. The van der Waals surface area contributed by atoms with Crippen molar-refractivity contribution in [2.75, 3.05) is 6.54 Å². The molecule has 0 saturated heterocycles. The molecule has 68 valence electrons. The third-order valence-electron chi connectivity index (χ3n) is 2.42. The quantitative estimate of drug-likeness (QED) is 0.625. The molecule has 0 aromatic heterocycles. The van der Waals surface area contributed by atoms with Crippen LogP contribution in [0.1, 0.15) is 21.5 Å². The van der Waals surface area contributed by atoms with Crippen LogP contribution in [0.3, 0.4) is 0 Å². The van der Waals surface area contributed by atoms with E-state index in [0.29, 0.717) is 5.56 Å². The third-order valence-corrected chi connectivity index (χ3v) is 2.42. The summed E-state index contributed by atoms with van der Waals surface area (Å²) in [6, 6.07) is 3.44. The fourth-order valence-electron chi connectivity index (χ4n) is 1.73. The van der Waals surface area contributed by atoms with Crippen molar-refractivity contribution in [3.63, 3.8) is 0 Å². The molecule has 1 aliphatic rings. The van der Waals surface area contributed by atoms with Gasteiger partial charge < -0.3 is 10.4 Å². The number of fused-ring (bicyclic) bond motifs is 1. The molecule has 3 heteroatoms. The Morgan fingerprint density at radius 3 is 3.08 bits per heavy atom. The minimum atomic E-state index is 0.0932. The van der Waals surface area contributed by atoms with Crippen molar-refractivity contribution >= 4 is 6.29 Å². The first-order valence-electron chi connectivity index (χ1n) is 4.32. The van der Waals surface area contributed by atoms with E-state index in [2.05, 4.69) is 5.32 Å². The van der Waals surface area contributed by atoms with Crippen LogP contribution in [0.25, 0.3) is 0 Å². The fourth-order valence-corrected chi connectivity index (χ4v) is 1.73. The van der Waals surface area contributed by atoms with Gasteiger partial charge >= 0.3 is 0 Å². The van der Waals surface area contributed by atoms with Crippen LogP contribution in [0.4, 0.5) is 0 Å². The van der Waals surface area contributed by atoms with E-state index >= 15 is 0 Å². The van der Waals surface area contributed by atoms with Gasteiger partial charge in [0.15, 0.2) is 6.29 Å². The van der Waals surface area contributed by atoms with Crippen molar-refractivity contribution in [2.45, 2.75) is 13.0 Å². The second kappa shape index (κ2) is 3.18. The molecule has 3 nitrogen and oxygen atoms in total. The number of hydrogen-bond acceptors (Lipinski definition) is 3.